The Morgan fingerprint density at radius 1 is 1.29 bits per heavy atom. The number of Topliss-reactive ketones (excluding diaryl/α,β-unsaturated/α-hetero) is 1. The number of carbonyl (C=O) groups excluding carboxylic acids is 1. The van der Waals surface area contributed by atoms with Crippen LogP contribution in [0.5, 0.6) is 5.75 Å². The van der Waals surface area contributed by atoms with E-state index in [1.807, 2.05) is 18.2 Å². The van der Waals surface area contributed by atoms with Crippen molar-refractivity contribution >= 4 is 21.7 Å². The summed E-state index contributed by atoms with van der Waals surface area (Å²) in [5.74, 6) is 1.11. The quantitative estimate of drug-likeness (QED) is 0.781. The van der Waals surface area contributed by atoms with Gasteiger partial charge in [0.1, 0.15) is 5.75 Å². The molecule has 0 aliphatic heterocycles. The van der Waals surface area contributed by atoms with E-state index in [0.717, 1.165) is 22.9 Å². The molecule has 1 aromatic rings. The van der Waals surface area contributed by atoms with Crippen LogP contribution in [0.1, 0.15) is 42.5 Å². The molecule has 1 fully saturated rings. The molecule has 0 N–H and O–H groups in total. The minimum atomic E-state index is 0.193. The Hall–Kier alpha value is -0.830. The summed E-state index contributed by atoms with van der Waals surface area (Å²) in [5, 5.41) is 0. The van der Waals surface area contributed by atoms with Gasteiger partial charge in [-0.05, 0) is 31.0 Å². The predicted molar refractivity (Wildman–Crippen MR) is 71.6 cm³/mol. The summed E-state index contributed by atoms with van der Waals surface area (Å²) in [6.07, 6.45) is 5.67. The highest BCUT2D eigenvalue weighted by atomic mass is 79.9. The maximum Gasteiger partial charge on any atom is 0.169 e. The highest BCUT2D eigenvalue weighted by molar-refractivity contribution is 9.10. The minimum absolute atomic E-state index is 0.193. The number of carbonyl (C=O) groups is 1. The summed E-state index contributed by atoms with van der Waals surface area (Å²) >= 11 is 3.39. The third-order valence-corrected chi connectivity index (χ3v) is 3.90. The molecule has 0 amide bonds. The van der Waals surface area contributed by atoms with Crippen molar-refractivity contribution in [2.45, 2.75) is 32.1 Å². The van der Waals surface area contributed by atoms with Crippen LogP contribution in [-0.2, 0) is 0 Å². The van der Waals surface area contributed by atoms with E-state index in [0.29, 0.717) is 5.75 Å². The van der Waals surface area contributed by atoms with Gasteiger partial charge in [-0.25, -0.2) is 0 Å². The van der Waals surface area contributed by atoms with E-state index in [1.54, 1.807) is 7.11 Å². The largest absolute Gasteiger partial charge is 0.496 e. The second-order valence-electron chi connectivity index (χ2n) is 4.54. The Morgan fingerprint density at radius 3 is 2.65 bits per heavy atom. The van der Waals surface area contributed by atoms with Crippen molar-refractivity contribution < 1.29 is 9.53 Å². The standard InChI is InChI=1S/C14H17BrO2/c1-17-13-9-11(15)7-8-12(13)14(16)10-5-3-2-4-6-10/h7-10H,2-6H2,1H3. The molecule has 1 aliphatic rings. The molecule has 0 radical (unpaired) electrons. The predicted octanol–water partition coefficient (Wildman–Crippen LogP) is 4.22. The molecule has 2 nitrogen and oxygen atoms in total. The van der Waals surface area contributed by atoms with Crippen LogP contribution >= 0.6 is 15.9 Å². The summed E-state index contributed by atoms with van der Waals surface area (Å²) in [6, 6.07) is 5.62. The fraction of sp³-hybridized carbons (Fsp3) is 0.500. The first kappa shape index (κ1) is 12.6. The Morgan fingerprint density at radius 2 is 2.00 bits per heavy atom. The molecule has 17 heavy (non-hydrogen) atoms. The van der Waals surface area contributed by atoms with Crippen molar-refractivity contribution in [1.82, 2.24) is 0 Å². The molecule has 1 aliphatic carbocycles. The van der Waals surface area contributed by atoms with Crippen molar-refractivity contribution in [3.05, 3.63) is 28.2 Å². The molecule has 0 spiro atoms. The summed E-state index contributed by atoms with van der Waals surface area (Å²) < 4.78 is 6.23. The summed E-state index contributed by atoms with van der Waals surface area (Å²) in [5.41, 5.74) is 0.725. The Balaban J connectivity index is 2.23. The van der Waals surface area contributed by atoms with Crippen LogP contribution in [-0.4, -0.2) is 12.9 Å². The normalized spacial score (nSPS) is 16.8. The SMILES string of the molecule is COc1cc(Br)ccc1C(=O)C1CCCCC1. The van der Waals surface area contributed by atoms with E-state index >= 15 is 0 Å². The number of halogens is 1. The van der Waals surface area contributed by atoms with Gasteiger partial charge in [0, 0.05) is 10.4 Å². The highest BCUT2D eigenvalue weighted by Crippen LogP contribution is 2.31. The first-order chi connectivity index (χ1) is 8.22. The average molecular weight is 297 g/mol. The van der Waals surface area contributed by atoms with Gasteiger partial charge < -0.3 is 4.74 Å². The summed E-state index contributed by atoms with van der Waals surface area (Å²) in [6.45, 7) is 0. The maximum absolute atomic E-state index is 12.4. The van der Waals surface area contributed by atoms with Crippen molar-refractivity contribution in [1.29, 1.82) is 0 Å². The van der Waals surface area contributed by atoms with Gasteiger partial charge in [-0.2, -0.15) is 0 Å². The lowest BCUT2D eigenvalue weighted by atomic mass is 9.83. The molecule has 0 aromatic heterocycles. The van der Waals surface area contributed by atoms with Gasteiger partial charge in [0.15, 0.2) is 5.78 Å². The average Bonchev–Trinajstić information content (AvgIpc) is 2.39. The molecule has 1 aromatic carbocycles. The van der Waals surface area contributed by atoms with Gasteiger partial charge in [-0.15, -0.1) is 0 Å². The van der Waals surface area contributed by atoms with Crippen molar-refractivity contribution in [3.8, 4) is 5.75 Å². The number of rotatable bonds is 3. The molecule has 1 saturated carbocycles. The molecular weight excluding hydrogens is 280 g/mol. The van der Waals surface area contributed by atoms with Gasteiger partial charge in [0.2, 0.25) is 0 Å². The van der Waals surface area contributed by atoms with Crippen molar-refractivity contribution in [2.24, 2.45) is 5.92 Å². The van der Waals surface area contributed by atoms with Gasteiger partial charge >= 0.3 is 0 Å². The van der Waals surface area contributed by atoms with Crippen molar-refractivity contribution in [3.63, 3.8) is 0 Å². The highest BCUT2D eigenvalue weighted by Gasteiger charge is 2.24. The number of methoxy groups -OCH3 is 1. The van der Waals surface area contributed by atoms with E-state index in [4.69, 9.17) is 4.74 Å². The lowest BCUT2D eigenvalue weighted by Crippen LogP contribution is -2.18. The number of hydrogen-bond donors (Lipinski definition) is 0. The molecule has 0 unspecified atom stereocenters. The number of hydrogen-bond acceptors (Lipinski definition) is 2. The maximum atomic E-state index is 12.4. The topological polar surface area (TPSA) is 26.3 Å². The molecule has 2 rings (SSSR count). The zero-order valence-corrected chi connectivity index (χ0v) is 11.6. The third-order valence-electron chi connectivity index (χ3n) is 3.40. The Bertz CT molecular complexity index is 409. The van der Waals surface area contributed by atoms with E-state index in [9.17, 15) is 4.79 Å². The van der Waals surface area contributed by atoms with E-state index in [1.165, 1.54) is 19.3 Å². The molecular formula is C14H17BrO2. The lowest BCUT2D eigenvalue weighted by Gasteiger charge is -2.21. The minimum Gasteiger partial charge on any atom is -0.496 e. The number of benzene rings is 1. The molecule has 3 heteroatoms. The summed E-state index contributed by atoms with van der Waals surface area (Å²) in [7, 11) is 1.61. The molecule has 0 bridgehead atoms. The van der Waals surface area contributed by atoms with Crippen LogP contribution in [0.25, 0.3) is 0 Å². The number of ketones is 1. The van der Waals surface area contributed by atoms with Crippen LogP contribution in [0, 0.1) is 5.92 Å². The van der Waals surface area contributed by atoms with Gasteiger partial charge in [-0.1, -0.05) is 35.2 Å². The molecule has 92 valence electrons. The second-order valence-corrected chi connectivity index (χ2v) is 5.46. The number of ether oxygens (including phenoxy) is 1. The monoisotopic (exact) mass is 296 g/mol. The first-order valence-electron chi connectivity index (χ1n) is 6.10. The van der Waals surface area contributed by atoms with Gasteiger partial charge in [0.25, 0.3) is 0 Å². The van der Waals surface area contributed by atoms with Crippen LogP contribution in [0.3, 0.4) is 0 Å². The third kappa shape index (κ3) is 2.89. The van der Waals surface area contributed by atoms with Crippen LogP contribution < -0.4 is 4.74 Å². The van der Waals surface area contributed by atoms with E-state index < -0.39 is 0 Å². The van der Waals surface area contributed by atoms with Crippen molar-refractivity contribution in [2.75, 3.05) is 7.11 Å². The Labute approximate surface area is 110 Å². The zero-order valence-electron chi connectivity index (χ0n) is 10.0. The van der Waals surface area contributed by atoms with E-state index in [2.05, 4.69) is 15.9 Å². The zero-order chi connectivity index (χ0) is 12.3. The van der Waals surface area contributed by atoms with E-state index in [-0.39, 0.29) is 11.7 Å². The molecule has 0 heterocycles. The van der Waals surface area contributed by atoms with Crippen LogP contribution in [0.2, 0.25) is 0 Å². The fourth-order valence-electron chi connectivity index (χ4n) is 2.45. The Kier molecular flexibility index (Phi) is 4.21. The van der Waals surface area contributed by atoms with Gasteiger partial charge in [-0.3, -0.25) is 4.79 Å². The smallest absolute Gasteiger partial charge is 0.169 e. The second kappa shape index (κ2) is 5.67. The van der Waals surface area contributed by atoms with Gasteiger partial charge in [0.05, 0.1) is 12.7 Å². The molecule has 0 atom stereocenters. The lowest BCUT2D eigenvalue weighted by molar-refractivity contribution is 0.0886. The van der Waals surface area contributed by atoms with Crippen LogP contribution in [0.15, 0.2) is 22.7 Å². The van der Waals surface area contributed by atoms with Crippen LogP contribution in [0.4, 0.5) is 0 Å². The summed E-state index contributed by atoms with van der Waals surface area (Å²) in [4.78, 5) is 12.4. The first-order valence-corrected chi connectivity index (χ1v) is 6.89. The fourth-order valence-corrected chi connectivity index (χ4v) is 2.79. The molecule has 0 saturated heterocycles.